The number of fused-ring (bicyclic) bond motifs is 1. The van der Waals surface area contributed by atoms with E-state index >= 15 is 0 Å². The second-order valence-electron chi connectivity index (χ2n) is 5.48. The minimum absolute atomic E-state index is 0.266. The zero-order valence-electron chi connectivity index (χ0n) is 12.2. The third kappa shape index (κ3) is 2.90. The van der Waals surface area contributed by atoms with Gasteiger partial charge in [0.2, 0.25) is 5.88 Å². The predicted octanol–water partition coefficient (Wildman–Crippen LogP) is 3.66. The quantitative estimate of drug-likeness (QED) is 0.936. The number of hydrogen-bond acceptors (Lipinski definition) is 3. The van der Waals surface area contributed by atoms with Crippen LogP contribution in [0.25, 0.3) is 0 Å². The maximum absolute atomic E-state index is 13.2. The number of hydrogen-bond donors (Lipinski definition) is 1. The lowest BCUT2D eigenvalue weighted by Gasteiger charge is -2.18. The van der Waals surface area contributed by atoms with Crippen LogP contribution < -0.4 is 10.5 Å². The zero-order valence-corrected chi connectivity index (χ0v) is 12.2. The second-order valence-corrected chi connectivity index (χ2v) is 5.48. The minimum atomic E-state index is -0.266. The van der Waals surface area contributed by atoms with E-state index in [1.165, 1.54) is 24.1 Å². The van der Waals surface area contributed by atoms with Crippen LogP contribution in [-0.4, -0.2) is 4.98 Å². The van der Waals surface area contributed by atoms with Gasteiger partial charge >= 0.3 is 0 Å². The van der Waals surface area contributed by atoms with E-state index in [-0.39, 0.29) is 5.82 Å². The Bertz CT molecular complexity index is 670. The molecular formula is C17H19FN2O. The van der Waals surface area contributed by atoms with Gasteiger partial charge in [-0.3, -0.25) is 0 Å². The number of nitrogens with two attached hydrogens (primary N) is 1. The highest BCUT2D eigenvalue weighted by Gasteiger charge is 2.16. The number of aromatic nitrogens is 1. The molecule has 21 heavy (non-hydrogen) atoms. The van der Waals surface area contributed by atoms with Crippen molar-refractivity contribution in [2.24, 2.45) is 5.73 Å². The lowest BCUT2D eigenvalue weighted by atomic mass is 9.95. The van der Waals surface area contributed by atoms with Gasteiger partial charge in [0.05, 0.1) is 0 Å². The highest BCUT2D eigenvalue weighted by Crippen LogP contribution is 2.30. The van der Waals surface area contributed by atoms with Gasteiger partial charge in [-0.05, 0) is 68.0 Å². The molecule has 4 heteroatoms. The molecule has 0 bridgehead atoms. The molecule has 0 spiro atoms. The molecule has 3 nitrogen and oxygen atoms in total. The van der Waals surface area contributed by atoms with Gasteiger partial charge in [-0.25, -0.2) is 9.37 Å². The van der Waals surface area contributed by atoms with Crippen LogP contribution in [0, 0.1) is 12.7 Å². The molecular weight excluding hydrogens is 267 g/mol. The van der Waals surface area contributed by atoms with E-state index in [1.54, 1.807) is 6.07 Å². The van der Waals surface area contributed by atoms with Crippen LogP contribution in [-0.2, 0) is 19.4 Å². The van der Waals surface area contributed by atoms with E-state index in [0.29, 0.717) is 18.2 Å². The smallest absolute Gasteiger partial charge is 0.223 e. The maximum Gasteiger partial charge on any atom is 0.223 e. The van der Waals surface area contributed by atoms with Gasteiger partial charge < -0.3 is 10.5 Å². The van der Waals surface area contributed by atoms with Crippen LogP contribution >= 0.6 is 0 Å². The number of rotatable bonds is 3. The Morgan fingerprint density at radius 2 is 2.05 bits per heavy atom. The minimum Gasteiger partial charge on any atom is -0.438 e. The van der Waals surface area contributed by atoms with E-state index < -0.39 is 0 Å². The number of ether oxygens (including phenoxy) is 1. The summed E-state index contributed by atoms with van der Waals surface area (Å²) in [6, 6.07) is 6.58. The molecule has 110 valence electrons. The van der Waals surface area contributed by atoms with Gasteiger partial charge in [0.1, 0.15) is 11.6 Å². The van der Waals surface area contributed by atoms with Crippen molar-refractivity contribution < 1.29 is 9.13 Å². The van der Waals surface area contributed by atoms with Crippen molar-refractivity contribution >= 4 is 0 Å². The van der Waals surface area contributed by atoms with E-state index in [4.69, 9.17) is 10.5 Å². The Kier molecular flexibility index (Phi) is 3.88. The summed E-state index contributed by atoms with van der Waals surface area (Å²) >= 11 is 0. The molecule has 1 aliphatic carbocycles. The standard InChI is InChI=1S/C17H19FN2O/c1-11-8-14(18)6-7-16(11)21-17-13(10-19)9-12-4-2-3-5-15(12)20-17/h6-9H,2-5,10,19H2,1H3. The van der Waals surface area contributed by atoms with Crippen molar-refractivity contribution in [2.75, 3.05) is 0 Å². The Balaban J connectivity index is 1.97. The molecule has 1 aromatic carbocycles. The maximum atomic E-state index is 13.2. The third-order valence-electron chi connectivity index (χ3n) is 3.90. The highest BCUT2D eigenvalue weighted by molar-refractivity contribution is 5.41. The summed E-state index contributed by atoms with van der Waals surface area (Å²) in [5, 5.41) is 0. The van der Waals surface area contributed by atoms with E-state index in [1.807, 2.05) is 6.92 Å². The van der Waals surface area contributed by atoms with Gasteiger partial charge in [0, 0.05) is 17.8 Å². The summed E-state index contributed by atoms with van der Waals surface area (Å²) in [4.78, 5) is 4.65. The fourth-order valence-corrected chi connectivity index (χ4v) is 2.73. The van der Waals surface area contributed by atoms with Crippen LogP contribution in [0.4, 0.5) is 4.39 Å². The third-order valence-corrected chi connectivity index (χ3v) is 3.90. The Morgan fingerprint density at radius 1 is 1.24 bits per heavy atom. The fourth-order valence-electron chi connectivity index (χ4n) is 2.73. The molecule has 2 aromatic rings. The topological polar surface area (TPSA) is 48.1 Å². The first-order valence-corrected chi connectivity index (χ1v) is 7.33. The molecule has 0 aliphatic heterocycles. The van der Waals surface area contributed by atoms with Crippen LogP contribution in [0.2, 0.25) is 0 Å². The molecule has 3 rings (SSSR count). The van der Waals surface area contributed by atoms with Crippen molar-refractivity contribution in [2.45, 2.75) is 39.2 Å². The lowest BCUT2D eigenvalue weighted by Crippen LogP contribution is -2.10. The molecule has 1 aromatic heterocycles. The molecule has 0 saturated carbocycles. The molecule has 0 atom stereocenters. The van der Waals surface area contributed by atoms with Crippen LogP contribution in [0.3, 0.4) is 0 Å². The van der Waals surface area contributed by atoms with E-state index in [0.717, 1.165) is 36.1 Å². The average Bonchev–Trinajstić information content (AvgIpc) is 2.49. The molecule has 0 amide bonds. The van der Waals surface area contributed by atoms with Crippen molar-refractivity contribution in [3.63, 3.8) is 0 Å². The SMILES string of the molecule is Cc1cc(F)ccc1Oc1nc2c(cc1CN)CCCC2. The predicted molar refractivity (Wildman–Crippen MR) is 80.0 cm³/mol. The van der Waals surface area contributed by atoms with Crippen molar-refractivity contribution in [3.05, 3.63) is 52.5 Å². The number of nitrogens with zero attached hydrogens (tertiary/aromatic N) is 1. The summed E-state index contributed by atoms with van der Waals surface area (Å²) in [6.07, 6.45) is 4.41. The van der Waals surface area contributed by atoms with Crippen LogP contribution in [0.5, 0.6) is 11.6 Å². The summed E-state index contributed by atoms with van der Waals surface area (Å²) < 4.78 is 19.1. The fraction of sp³-hybridized carbons (Fsp3) is 0.353. The normalized spacial score (nSPS) is 13.9. The summed E-state index contributed by atoms with van der Waals surface area (Å²) in [5.41, 5.74) is 9.86. The molecule has 0 saturated heterocycles. The van der Waals surface area contributed by atoms with Gasteiger partial charge in [-0.15, -0.1) is 0 Å². The van der Waals surface area contributed by atoms with Crippen molar-refractivity contribution in [1.29, 1.82) is 0 Å². The first-order valence-electron chi connectivity index (χ1n) is 7.33. The molecule has 2 N–H and O–H groups in total. The highest BCUT2D eigenvalue weighted by atomic mass is 19.1. The summed E-state index contributed by atoms with van der Waals surface area (Å²) in [6.45, 7) is 2.20. The van der Waals surface area contributed by atoms with Gasteiger partial charge in [0.15, 0.2) is 0 Å². The van der Waals surface area contributed by atoms with Crippen LogP contribution in [0.1, 0.15) is 35.2 Å². The van der Waals surface area contributed by atoms with E-state index in [9.17, 15) is 4.39 Å². The Morgan fingerprint density at radius 3 is 2.81 bits per heavy atom. The molecule has 1 heterocycles. The largest absolute Gasteiger partial charge is 0.438 e. The van der Waals surface area contributed by atoms with Gasteiger partial charge in [-0.1, -0.05) is 0 Å². The number of aryl methyl sites for hydroxylation is 3. The number of pyridine rings is 1. The molecule has 0 fully saturated rings. The molecule has 1 aliphatic rings. The molecule has 0 radical (unpaired) electrons. The van der Waals surface area contributed by atoms with Crippen LogP contribution in [0.15, 0.2) is 24.3 Å². The molecule has 0 unspecified atom stereocenters. The zero-order chi connectivity index (χ0) is 14.8. The summed E-state index contributed by atoms with van der Waals surface area (Å²) in [5.74, 6) is 0.902. The van der Waals surface area contributed by atoms with Gasteiger partial charge in [0.25, 0.3) is 0 Å². The van der Waals surface area contributed by atoms with Gasteiger partial charge in [-0.2, -0.15) is 0 Å². The van der Waals surface area contributed by atoms with Crippen molar-refractivity contribution in [1.82, 2.24) is 4.98 Å². The Labute approximate surface area is 124 Å². The van der Waals surface area contributed by atoms with Crippen molar-refractivity contribution in [3.8, 4) is 11.6 Å². The summed E-state index contributed by atoms with van der Waals surface area (Å²) in [7, 11) is 0. The first-order chi connectivity index (χ1) is 10.2. The Hall–Kier alpha value is -1.94. The van der Waals surface area contributed by atoms with E-state index in [2.05, 4.69) is 11.1 Å². The number of benzene rings is 1. The first kappa shape index (κ1) is 14.0. The monoisotopic (exact) mass is 286 g/mol. The average molecular weight is 286 g/mol. The number of halogens is 1. The second kappa shape index (κ2) is 5.82. The lowest BCUT2D eigenvalue weighted by molar-refractivity contribution is 0.446.